The second-order valence-corrected chi connectivity index (χ2v) is 6.98. The zero-order valence-electron chi connectivity index (χ0n) is 17.1. The van der Waals surface area contributed by atoms with Crippen molar-refractivity contribution in [1.29, 1.82) is 0 Å². The predicted octanol–water partition coefficient (Wildman–Crippen LogP) is 1.93. The molecule has 0 saturated carbocycles. The Bertz CT molecular complexity index is 1130. The Morgan fingerprint density at radius 2 is 1.67 bits per heavy atom. The number of amides is 1. The van der Waals surface area contributed by atoms with Crippen molar-refractivity contribution in [3.05, 3.63) is 85.5 Å². The molecule has 172 valence electrons. The summed E-state index contributed by atoms with van der Waals surface area (Å²) in [5, 5.41) is 41.9. The van der Waals surface area contributed by atoms with E-state index >= 15 is 0 Å². The normalized spacial score (nSPS) is 17.4. The summed E-state index contributed by atoms with van der Waals surface area (Å²) < 4.78 is 5.18. The third-order valence-electron chi connectivity index (χ3n) is 5.00. The first-order chi connectivity index (χ1) is 15.8. The van der Waals surface area contributed by atoms with Gasteiger partial charge in [-0.05, 0) is 17.7 Å². The number of likely N-dealkylation sites (tertiary alicyclic amines) is 1. The molecule has 1 saturated heterocycles. The number of nitro benzene ring substituents is 2. The standard InChI is InChI=1S/C21H19N3O9/c25-9-11-33-10-8-22-18(14-2-1-3-16(12-14)24(31)32)17(20(27)21(22)28)19(26)13-4-6-15(7-5-13)23(29)30/h1-7,12,18,25-26H,8-11H2/b19-17+/t18-/m1/s1. The molecular weight excluding hydrogens is 438 g/mol. The van der Waals surface area contributed by atoms with Crippen molar-refractivity contribution in [3.8, 4) is 0 Å². The van der Waals surface area contributed by atoms with Gasteiger partial charge in [0.25, 0.3) is 23.1 Å². The Hall–Kier alpha value is -4.16. The number of carbonyl (C=O) groups excluding carboxylic acids is 2. The van der Waals surface area contributed by atoms with E-state index in [4.69, 9.17) is 9.84 Å². The van der Waals surface area contributed by atoms with Gasteiger partial charge in [-0.15, -0.1) is 0 Å². The lowest BCUT2D eigenvalue weighted by Crippen LogP contribution is -2.33. The van der Waals surface area contributed by atoms with Crippen LogP contribution < -0.4 is 0 Å². The minimum atomic E-state index is -1.15. The van der Waals surface area contributed by atoms with Gasteiger partial charge >= 0.3 is 0 Å². The van der Waals surface area contributed by atoms with E-state index in [1.807, 2.05) is 0 Å². The van der Waals surface area contributed by atoms with Crippen molar-refractivity contribution in [3.63, 3.8) is 0 Å². The van der Waals surface area contributed by atoms with Crippen LogP contribution in [0.1, 0.15) is 17.2 Å². The Morgan fingerprint density at radius 3 is 2.27 bits per heavy atom. The third-order valence-corrected chi connectivity index (χ3v) is 5.00. The van der Waals surface area contributed by atoms with E-state index in [1.165, 1.54) is 36.4 Å². The maximum Gasteiger partial charge on any atom is 0.295 e. The molecule has 1 aliphatic rings. The van der Waals surface area contributed by atoms with Gasteiger partial charge in [0.1, 0.15) is 5.76 Å². The smallest absolute Gasteiger partial charge is 0.295 e. The van der Waals surface area contributed by atoms with Crippen molar-refractivity contribution in [2.45, 2.75) is 6.04 Å². The fourth-order valence-electron chi connectivity index (χ4n) is 3.49. The Balaban J connectivity index is 2.11. The van der Waals surface area contributed by atoms with Crippen LogP contribution in [0, 0.1) is 20.2 Å². The van der Waals surface area contributed by atoms with Crippen molar-refractivity contribution in [2.75, 3.05) is 26.4 Å². The topological polar surface area (TPSA) is 173 Å². The van der Waals surface area contributed by atoms with E-state index in [1.54, 1.807) is 0 Å². The number of carbonyl (C=O) groups is 2. The molecule has 0 radical (unpaired) electrons. The number of aliphatic hydroxyl groups is 2. The first-order valence-electron chi connectivity index (χ1n) is 9.72. The molecule has 0 unspecified atom stereocenters. The zero-order valence-corrected chi connectivity index (χ0v) is 17.1. The van der Waals surface area contributed by atoms with Gasteiger partial charge in [0.05, 0.1) is 41.3 Å². The van der Waals surface area contributed by atoms with Crippen LogP contribution in [0.5, 0.6) is 0 Å². The summed E-state index contributed by atoms with van der Waals surface area (Å²) in [5.41, 5.74) is -0.538. The monoisotopic (exact) mass is 457 g/mol. The lowest BCUT2D eigenvalue weighted by atomic mass is 9.95. The van der Waals surface area contributed by atoms with Crippen LogP contribution in [-0.2, 0) is 14.3 Å². The van der Waals surface area contributed by atoms with Crippen molar-refractivity contribution < 1.29 is 34.4 Å². The molecule has 0 spiro atoms. The average molecular weight is 457 g/mol. The highest BCUT2D eigenvalue weighted by atomic mass is 16.6. The molecule has 2 N–H and O–H groups in total. The number of nitrogens with zero attached hydrogens (tertiary/aromatic N) is 3. The second kappa shape index (κ2) is 9.97. The number of benzene rings is 2. The van der Waals surface area contributed by atoms with Crippen LogP contribution in [0.2, 0.25) is 0 Å². The molecular formula is C21H19N3O9. The van der Waals surface area contributed by atoms with Crippen LogP contribution in [-0.4, -0.2) is 63.0 Å². The van der Waals surface area contributed by atoms with Gasteiger partial charge in [0, 0.05) is 36.4 Å². The molecule has 12 heteroatoms. The highest BCUT2D eigenvalue weighted by Crippen LogP contribution is 2.40. The lowest BCUT2D eigenvalue weighted by molar-refractivity contribution is -0.385. The quantitative estimate of drug-likeness (QED) is 0.142. The second-order valence-electron chi connectivity index (χ2n) is 6.98. The highest BCUT2D eigenvalue weighted by Gasteiger charge is 2.46. The van der Waals surface area contributed by atoms with Crippen LogP contribution in [0.25, 0.3) is 5.76 Å². The molecule has 1 aliphatic heterocycles. The highest BCUT2D eigenvalue weighted by molar-refractivity contribution is 6.46. The summed E-state index contributed by atoms with van der Waals surface area (Å²) in [7, 11) is 0. The van der Waals surface area contributed by atoms with Gasteiger partial charge in [-0.25, -0.2) is 0 Å². The molecule has 1 atom stereocenters. The summed E-state index contributed by atoms with van der Waals surface area (Å²) in [6.07, 6.45) is 0. The number of Topliss-reactive ketones (excluding diaryl/α,β-unsaturated/α-hetero) is 1. The molecule has 0 bridgehead atoms. The maximum absolute atomic E-state index is 12.9. The van der Waals surface area contributed by atoms with Gasteiger partial charge in [-0.2, -0.15) is 0 Å². The van der Waals surface area contributed by atoms with E-state index in [0.717, 1.165) is 17.0 Å². The Kier molecular flexibility index (Phi) is 7.10. The van der Waals surface area contributed by atoms with Crippen LogP contribution >= 0.6 is 0 Å². The molecule has 1 fully saturated rings. The number of nitro groups is 2. The van der Waals surface area contributed by atoms with Crippen molar-refractivity contribution in [1.82, 2.24) is 4.90 Å². The molecule has 33 heavy (non-hydrogen) atoms. The molecule has 0 aromatic heterocycles. The van der Waals surface area contributed by atoms with Gasteiger partial charge in [0.15, 0.2) is 0 Å². The summed E-state index contributed by atoms with van der Waals surface area (Å²) in [6, 6.07) is 8.89. The molecule has 3 rings (SSSR count). The fraction of sp³-hybridized carbons (Fsp3) is 0.238. The largest absolute Gasteiger partial charge is 0.507 e. The molecule has 12 nitrogen and oxygen atoms in total. The van der Waals surface area contributed by atoms with E-state index in [9.17, 15) is 34.9 Å². The number of ketones is 1. The molecule has 0 aliphatic carbocycles. The van der Waals surface area contributed by atoms with Gasteiger partial charge in [-0.1, -0.05) is 12.1 Å². The number of rotatable bonds is 9. The molecule has 2 aromatic carbocycles. The van der Waals surface area contributed by atoms with Gasteiger partial charge < -0.3 is 19.8 Å². The average Bonchev–Trinajstić information content (AvgIpc) is 3.06. The number of ether oxygens (including phenoxy) is 1. The summed E-state index contributed by atoms with van der Waals surface area (Å²) in [6.45, 7) is -0.354. The first kappa shape index (κ1) is 23.5. The maximum atomic E-state index is 12.9. The van der Waals surface area contributed by atoms with Gasteiger partial charge in [0.2, 0.25) is 0 Å². The predicted molar refractivity (Wildman–Crippen MR) is 113 cm³/mol. The van der Waals surface area contributed by atoms with Crippen LogP contribution in [0.3, 0.4) is 0 Å². The lowest BCUT2D eigenvalue weighted by Gasteiger charge is -2.25. The molecule has 1 amide bonds. The zero-order chi connectivity index (χ0) is 24.1. The van der Waals surface area contributed by atoms with Crippen molar-refractivity contribution >= 4 is 28.8 Å². The van der Waals surface area contributed by atoms with E-state index in [2.05, 4.69) is 0 Å². The minimum Gasteiger partial charge on any atom is -0.507 e. The van der Waals surface area contributed by atoms with Crippen molar-refractivity contribution in [2.24, 2.45) is 0 Å². The Labute approximate surface area is 186 Å². The van der Waals surface area contributed by atoms with Gasteiger partial charge in [-0.3, -0.25) is 29.8 Å². The Morgan fingerprint density at radius 1 is 1.00 bits per heavy atom. The fourth-order valence-corrected chi connectivity index (χ4v) is 3.49. The summed E-state index contributed by atoms with van der Waals surface area (Å²) in [4.78, 5) is 47.6. The van der Waals surface area contributed by atoms with E-state index in [-0.39, 0.29) is 54.4 Å². The number of aliphatic hydroxyl groups excluding tert-OH is 2. The number of non-ortho nitro benzene ring substituents is 2. The summed E-state index contributed by atoms with van der Waals surface area (Å²) in [5.74, 6) is -2.52. The first-order valence-corrected chi connectivity index (χ1v) is 9.72. The number of hydrogen-bond acceptors (Lipinski definition) is 9. The number of hydrogen-bond donors (Lipinski definition) is 2. The van der Waals surface area contributed by atoms with Crippen LogP contribution in [0.15, 0.2) is 54.1 Å². The third kappa shape index (κ3) is 4.86. The summed E-state index contributed by atoms with van der Waals surface area (Å²) >= 11 is 0. The molecule has 1 heterocycles. The van der Waals surface area contributed by atoms with E-state index < -0.39 is 33.3 Å². The molecule has 2 aromatic rings. The van der Waals surface area contributed by atoms with E-state index in [0.29, 0.717) is 0 Å². The SMILES string of the molecule is O=C1C(=O)N(CCOCCO)[C@H](c2cccc([N+](=O)[O-])c2)/C1=C(\O)c1ccc([N+](=O)[O-])cc1. The minimum absolute atomic E-state index is 0.00813. The van der Waals surface area contributed by atoms with Crippen LogP contribution in [0.4, 0.5) is 11.4 Å².